The summed E-state index contributed by atoms with van der Waals surface area (Å²) >= 11 is 0. The molecule has 156 valence electrons. The summed E-state index contributed by atoms with van der Waals surface area (Å²) in [7, 11) is 1.90. The average molecular weight is 400 g/mol. The van der Waals surface area contributed by atoms with Gasteiger partial charge in [0.1, 0.15) is 13.2 Å². The lowest BCUT2D eigenvalue weighted by molar-refractivity contribution is 0.0525. The van der Waals surface area contributed by atoms with Crippen LogP contribution in [-0.2, 0) is 11.3 Å². The van der Waals surface area contributed by atoms with Gasteiger partial charge in [-0.15, -0.1) is 0 Å². The molecule has 7 heteroatoms. The minimum atomic E-state index is -0.407. The highest BCUT2D eigenvalue weighted by molar-refractivity contribution is 6.03. The van der Waals surface area contributed by atoms with Gasteiger partial charge in [0, 0.05) is 12.2 Å². The van der Waals surface area contributed by atoms with Crippen LogP contribution >= 0.6 is 0 Å². The van der Waals surface area contributed by atoms with Gasteiger partial charge in [-0.3, -0.25) is 9.69 Å². The molecule has 0 amide bonds. The molecule has 0 aliphatic carbocycles. The molecule has 2 heterocycles. The van der Waals surface area contributed by atoms with Crippen LogP contribution in [0.5, 0.6) is 11.5 Å². The van der Waals surface area contributed by atoms with Crippen LogP contribution in [-0.4, -0.2) is 54.5 Å². The number of carbonyl (C=O) groups excluding carboxylic acids is 2. The number of benzene rings is 1. The van der Waals surface area contributed by atoms with Crippen LogP contribution in [0.25, 0.3) is 0 Å². The van der Waals surface area contributed by atoms with E-state index in [0.717, 1.165) is 17.1 Å². The van der Waals surface area contributed by atoms with Crippen LogP contribution in [0.15, 0.2) is 18.2 Å². The largest absolute Gasteiger partial charge is 0.486 e. The minimum absolute atomic E-state index is 0.0683. The monoisotopic (exact) mass is 400 g/mol. The lowest BCUT2D eigenvalue weighted by Crippen LogP contribution is -2.36. The summed E-state index contributed by atoms with van der Waals surface area (Å²) in [5, 5.41) is 0. The Morgan fingerprint density at radius 3 is 2.59 bits per heavy atom. The number of aryl methyl sites for hydroxylation is 1. The van der Waals surface area contributed by atoms with Gasteiger partial charge in [-0.25, -0.2) is 4.79 Å². The highest BCUT2D eigenvalue weighted by Gasteiger charge is 2.27. The van der Waals surface area contributed by atoms with Gasteiger partial charge in [0.05, 0.1) is 23.9 Å². The van der Waals surface area contributed by atoms with Gasteiger partial charge in [-0.05, 0) is 58.0 Å². The number of nitrogens with one attached hydrogen (secondary N) is 1. The van der Waals surface area contributed by atoms with E-state index in [1.807, 2.05) is 37.1 Å². The molecule has 0 radical (unpaired) electrons. The third-order valence-corrected chi connectivity index (χ3v) is 5.24. The molecule has 29 heavy (non-hydrogen) atoms. The maximum atomic E-state index is 13.1. The van der Waals surface area contributed by atoms with Gasteiger partial charge in [-0.1, -0.05) is 6.07 Å². The Kier molecular flexibility index (Phi) is 6.27. The Morgan fingerprint density at radius 1 is 1.21 bits per heavy atom. The predicted molar refractivity (Wildman–Crippen MR) is 109 cm³/mol. The standard InChI is InChI=1S/C22H28N2O5/c1-6-27-22(26)19-13(2)20(23-14(19)3)21(25)15(4)24(5)12-16-7-8-17-18(11-16)29-10-9-28-17/h7-8,11,15,23H,6,9-10,12H2,1-5H3. The van der Waals surface area contributed by atoms with Crippen molar-refractivity contribution in [3.63, 3.8) is 0 Å². The second-order valence-corrected chi connectivity index (χ2v) is 7.28. The molecule has 1 atom stereocenters. The van der Waals surface area contributed by atoms with Crippen molar-refractivity contribution in [3.05, 3.63) is 46.3 Å². The number of rotatable bonds is 7. The van der Waals surface area contributed by atoms with E-state index in [2.05, 4.69) is 4.98 Å². The number of hydrogen-bond acceptors (Lipinski definition) is 6. The summed E-state index contributed by atoms with van der Waals surface area (Å²) in [5.74, 6) is 1.00. The fraction of sp³-hybridized carbons (Fsp3) is 0.455. The first-order valence-electron chi connectivity index (χ1n) is 9.82. The molecule has 1 unspecified atom stereocenters. The Labute approximate surface area is 170 Å². The number of aromatic amines is 1. The number of esters is 1. The zero-order chi connectivity index (χ0) is 21.1. The van der Waals surface area contributed by atoms with Gasteiger partial charge in [0.15, 0.2) is 17.3 Å². The number of aromatic nitrogens is 1. The lowest BCUT2D eigenvalue weighted by atomic mass is 10.0. The molecule has 3 rings (SSSR count). The van der Waals surface area contributed by atoms with Gasteiger partial charge < -0.3 is 19.2 Å². The third-order valence-electron chi connectivity index (χ3n) is 5.24. The summed E-state index contributed by atoms with van der Waals surface area (Å²) in [5.41, 5.74) is 3.20. The summed E-state index contributed by atoms with van der Waals surface area (Å²) in [4.78, 5) is 30.3. The summed E-state index contributed by atoms with van der Waals surface area (Å²) < 4.78 is 16.3. The van der Waals surface area contributed by atoms with Crippen LogP contribution in [0, 0.1) is 13.8 Å². The van der Waals surface area contributed by atoms with Crippen LogP contribution in [0.3, 0.4) is 0 Å². The number of likely N-dealkylation sites (N-methyl/N-ethyl adjacent to an activating group) is 1. The Hall–Kier alpha value is -2.80. The van der Waals surface area contributed by atoms with Gasteiger partial charge in [-0.2, -0.15) is 0 Å². The van der Waals surface area contributed by atoms with Crippen LogP contribution in [0.4, 0.5) is 0 Å². The van der Waals surface area contributed by atoms with E-state index >= 15 is 0 Å². The topological polar surface area (TPSA) is 80.9 Å². The fourth-order valence-corrected chi connectivity index (χ4v) is 3.53. The van der Waals surface area contributed by atoms with Crippen molar-refractivity contribution in [2.24, 2.45) is 0 Å². The first-order chi connectivity index (χ1) is 13.8. The Balaban J connectivity index is 1.74. The molecule has 1 N–H and O–H groups in total. The van der Waals surface area contributed by atoms with E-state index in [9.17, 15) is 9.59 Å². The van der Waals surface area contributed by atoms with Crippen LogP contribution < -0.4 is 9.47 Å². The van der Waals surface area contributed by atoms with Gasteiger partial charge in [0.25, 0.3) is 0 Å². The van der Waals surface area contributed by atoms with E-state index in [-0.39, 0.29) is 11.8 Å². The molecule has 0 saturated carbocycles. The summed E-state index contributed by atoms with van der Waals surface area (Å²) in [6, 6.07) is 5.44. The maximum absolute atomic E-state index is 13.1. The number of carbonyl (C=O) groups is 2. The van der Waals surface area contributed by atoms with E-state index in [0.29, 0.717) is 48.9 Å². The maximum Gasteiger partial charge on any atom is 0.340 e. The van der Waals surface area contributed by atoms with Crippen molar-refractivity contribution < 1.29 is 23.8 Å². The number of ketones is 1. The van der Waals surface area contributed by atoms with E-state index in [1.165, 1.54) is 0 Å². The molecular formula is C22H28N2O5. The predicted octanol–water partition coefficient (Wildman–Crippen LogP) is 3.28. The molecule has 0 fully saturated rings. The fourth-order valence-electron chi connectivity index (χ4n) is 3.53. The molecule has 2 aromatic rings. The van der Waals surface area contributed by atoms with E-state index in [4.69, 9.17) is 14.2 Å². The molecular weight excluding hydrogens is 372 g/mol. The van der Waals surface area contributed by atoms with Crippen molar-refractivity contribution in [3.8, 4) is 11.5 Å². The second kappa shape index (κ2) is 8.69. The van der Waals surface area contributed by atoms with Crippen molar-refractivity contribution in [2.75, 3.05) is 26.9 Å². The van der Waals surface area contributed by atoms with Crippen molar-refractivity contribution in [2.45, 2.75) is 40.3 Å². The van der Waals surface area contributed by atoms with Crippen LogP contribution in [0.1, 0.15) is 51.5 Å². The SMILES string of the molecule is CCOC(=O)c1c(C)[nH]c(C(=O)C(C)N(C)Cc2ccc3c(c2)OCCO3)c1C. The molecule has 1 aromatic heterocycles. The quantitative estimate of drug-likeness (QED) is 0.567. The number of ether oxygens (including phenoxy) is 3. The number of H-pyrrole nitrogens is 1. The Morgan fingerprint density at radius 2 is 1.90 bits per heavy atom. The van der Waals surface area contributed by atoms with Gasteiger partial charge >= 0.3 is 5.97 Å². The van der Waals surface area contributed by atoms with E-state index in [1.54, 1.807) is 20.8 Å². The molecule has 7 nitrogen and oxygen atoms in total. The first-order valence-corrected chi connectivity index (χ1v) is 9.82. The lowest BCUT2D eigenvalue weighted by Gasteiger charge is -2.25. The molecule has 0 saturated heterocycles. The van der Waals surface area contributed by atoms with E-state index < -0.39 is 5.97 Å². The number of Topliss-reactive ketones (excluding diaryl/α,β-unsaturated/α-hetero) is 1. The second-order valence-electron chi connectivity index (χ2n) is 7.28. The molecule has 1 aromatic carbocycles. The first kappa shape index (κ1) is 20.9. The molecule has 1 aliphatic heterocycles. The van der Waals surface area contributed by atoms with Gasteiger partial charge in [0.2, 0.25) is 0 Å². The number of hydrogen-bond donors (Lipinski definition) is 1. The smallest absolute Gasteiger partial charge is 0.340 e. The van der Waals surface area contributed by atoms with Crippen molar-refractivity contribution >= 4 is 11.8 Å². The molecule has 0 bridgehead atoms. The summed E-state index contributed by atoms with van der Waals surface area (Å²) in [6.45, 7) is 9.14. The van der Waals surface area contributed by atoms with Crippen molar-refractivity contribution in [1.82, 2.24) is 9.88 Å². The Bertz CT molecular complexity index is 918. The highest BCUT2D eigenvalue weighted by atomic mass is 16.6. The number of nitrogens with zero attached hydrogens (tertiary/aromatic N) is 1. The zero-order valence-corrected chi connectivity index (χ0v) is 17.6. The van der Waals surface area contributed by atoms with Crippen molar-refractivity contribution in [1.29, 1.82) is 0 Å². The summed E-state index contributed by atoms with van der Waals surface area (Å²) in [6.07, 6.45) is 0. The normalized spacial score (nSPS) is 14.0. The number of fused-ring (bicyclic) bond motifs is 1. The molecule has 1 aliphatic rings. The highest BCUT2D eigenvalue weighted by Crippen LogP contribution is 2.31. The minimum Gasteiger partial charge on any atom is -0.486 e. The zero-order valence-electron chi connectivity index (χ0n) is 17.6. The van der Waals surface area contributed by atoms with Crippen LogP contribution in [0.2, 0.25) is 0 Å². The average Bonchev–Trinajstić information content (AvgIpc) is 3.01. The third kappa shape index (κ3) is 4.29. The molecule has 0 spiro atoms.